The van der Waals surface area contributed by atoms with E-state index in [9.17, 15) is 0 Å². The van der Waals surface area contributed by atoms with Gasteiger partial charge < -0.3 is 4.74 Å². The summed E-state index contributed by atoms with van der Waals surface area (Å²) in [6.07, 6.45) is 9.61. The molecule has 2 aliphatic rings. The van der Waals surface area contributed by atoms with Crippen molar-refractivity contribution >= 4 is 8.58 Å². The molecule has 0 amide bonds. The fourth-order valence-corrected chi connectivity index (χ4v) is 3.70. The van der Waals surface area contributed by atoms with E-state index in [1.165, 1.54) is 53.0 Å². The highest BCUT2D eigenvalue weighted by atomic mass is 31.1. The van der Waals surface area contributed by atoms with Crippen LogP contribution in [0.4, 0.5) is 0 Å². The third kappa shape index (κ3) is 1.76. The van der Waals surface area contributed by atoms with Crippen molar-refractivity contribution in [1.29, 1.82) is 0 Å². The predicted octanol–water partition coefficient (Wildman–Crippen LogP) is 2.40. The molecule has 0 unspecified atom stereocenters. The third-order valence-corrected chi connectivity index (χ3v) is 4.16. The fraction of sp³-hybridized carbons (Fsp3) is 1.00. The Bertz CT molecular complexity index is 104. The molecule has 0 aliphatic carbocycles. The van der Waals surface area contributed by atoms with E-state index in [0.29, 0.717) is 5.60 Å². The highest BCUT2D eigenvalue weighted by Crippen LogP contribution is 2.39. The van der Waals surface area contributed by atoms with Crippen LogP contribution in [-0.4, -0.2) is 24.5 Å². The van der Waals surface area contributed by atoms with Crippen LogP contribution in [0.15, 0.2) is 0 Å². The lowest BCUT2D eigenvalue weighted by Crippen LogP contribution is -2.39. The molecule has 0 aromatic carbocycles. The molecular weight excluding hydrogens is 155 g/mol. The van der Waals surface area contributed by atoms with Gasteiger partial charge in [-0.05, 0) is 44.4 Å². The standard InChI is InChI=1S/C9H17OP/c1-2-6-10-9(3-1)4-7-11-8-5-9/h11H,1-8H2. The summed E-state index contributed by atoms with van der Waals surface area (Å²) in [5, 5.41) is 0. The van der Waals surface area contributed by atoms with Gasteiger partial charge in [0.2, 0.25) is 0 Å². The smallest absolute Gasteiger partial charge is 0.0689 e. The molecular formula is C9H17OP. The molecule has 2 heteroatoms. The average Bonchev–Trinajstić information content (AvgIpc) is 2.07. The summed E-state index contributed by atoms with van der Waals surface area (Å²) >= 11 is 0. The minimum absolute atomic E-state index is 0.365. The molecule has 2 rings (SSSR count). The van der Waals surface area contributed by atoms with Gasteiger partial charge in [0.1, 0.15) is 0 Å². The third-order valence-electron chi connectivity index (χ3n) is 2.95. The Morgan fingerprint density at radius 3 is 2.45 bits per heavy atom. The van der Waals surface area contributed by atoms with Crippen LogP contribution >= 0.6 is 8.58 Å². The summed E-state index contributed by atoms with van der Waals surface area (Å²) in [6, 6.07) is 0. The van der Waals surface area contributed by atoms with Crippen LogP contribution in [0.1, 0.15) is 32.1 Å². The van der Waals surface area contributed by atoms with Gasteiger partial charge in [-0.15, -0.1) is 8.58 Å². The van der Waals surface area contributed by atoms with Crippen molar-refractivity contribution in [3.63, 3.8) is 0 Å². The van der Waals surface area contributed by atoms with Gasteiger partial charge in [0.25, 0.3) is 0 Å². The van der Waals surface area contributed by atoms with E-state index in [0.717, 1.165) is 6.61 Å². The van der Waals surface area contributed by atoms with Gasteiger partial charge in [-0.25, -0.2) is 0 Å². The predicted molar refractivity (Wildman–Crippen MR) is 49.8 cm³/mol. The molecule has 2 saturated heterocycles. The normalized spacial score (nSPS) is 41.5. The molecule has 0 aromatic heterocycles. The second kappa shape index (κ2) is 3.41. The largest absolute Gasteiger partial charge is 0.375 e. The van der Waals surface area contributed by atoms with E-state index >= 15 is 0 Å². The van der Waals surface area contributed by atoms with E-state index in [-0.39, 0.29) is 0 Å². The molecule has 2 fully saturated rings. The summed E-state index contributed by atoms with van der Waals surface area (Å²) in [6.45, 7) is 1.03. The minimum Gasteiger partial charge on any atom is -0.375 e. The molecule has 0 atom stereocenters. The monoisotopic (exact) mass is 172 g/mol. The van der Waals surface area contributed by atoms with Crippen molar-refractivity contribution in [2.24, 2.45) is 0 Å². The first-order valence-corrected chi connectivity index (χ1v) is 6.17. The van der Waals surface area contributed by atoms with Gasteiger partial charge in [-0.3, -0.25) is 0 Å². The van der Waals surface area contributed by atoms with Crippen LogP contribution < -0.4 is 0 Å². The Morgan fingerprint density at radius 2 is 1.82 bits per heavy atom. The van der Waals surface area contributed by atoms with Crippen LogP contribution in [0.25, 0.3) is 0 Å². The highest BCUT2D eigenvalue weighted by Gasteiger charge is 2.34. The van der Waals surface area contributed by atoms with Crippen LogP contribution in [-0.2, 0) is 4.74 Å². The van der Waals surface area contributed by atoms with E-state index in [2.05, 4.69) is 0 Å². The lowest BCUT2D eigenvalue weighted by molar-refractivity contribution is -0.0832. The summed E-state index contributed by atoms with van der Waals surface area (Å²) in [5.74, 6) is 0. The number of hydrogen-bond donors (Lipinski definition) is 0. The van der Waals surface area contributed by atoms with Crippen LogP contribution in [0.3, 0.4) is 0 Å². The first kappa shape index (κ1) is 8.01. The zero-order chi connectivity index (χ0) is 7.57. The van der Waals surface area contributed by atoms with E-state index < -0.39 is 0 Å². The van der Waals surface area contributed by atoms with Crippen molar-refractivity contribution < 1.29 is 4.74 Å². The van der Waals surface area contributed by atoms with Gasteiger partial charge in [-0.2, -0.15) is 0 Å². The molecule has 64 valence electrons. The Morgan fingerprint density at radius 1 is 1.00 bits per heavy atom. The lowest BCUT2D eigenvalue weighted by atomic mass is 9.88. The zero-order valence-electron chi connectivity index (χ0n) is 7.07. The molecule has 0 saturated carbocycles. The number of rotatable bonds is 0. The topological polar surface area (TPSA) is 9.23 Å². The maximum absolute atomic E-state index is 5.91. The van der Waals surface area contributed by atoms with Gasteiger partial charge in [-0.1, -0.05) is 0 Å². The highest BCUT2D eigenvalue weighted by molar-refractivity contribution is 7.38. The minimum atomic E-state index is 0.365. The Labute approximate surface area is 70.7 Å². The molecule has 0 radical (unpaired) electrons. The van der Waals surface area contributed by atoms with Crippen molar-refractivity contribution in [3.8, 4) is 0 Å². The summed E-state index contributed by atoms with van der Waals surface area (Å²) < 4.78 is 5.91. The van der Waals surface area contributed by atoms with Crippen molar-refractivity contribution in [2.75, 3.05) is 18.9 Å². The average molecular weight is 172 g/mol. The molecule has 1 nitrogen and oxygen atoms in total. The maximum Gasteiger partial charge on any atom is 0.0689 e. The Kier molecular flexibility index (Phi) is 2.48. The first-order valence-electron chi connectivity index (χ1n) is 4.76. The summed E-state index contributed by atoms with van der Waals surface area (Å²) in [7, 11) is 1.22. The molecule has 11 heavy (non-hydrogen) atoms. The Hall–Kier alpha value is 0.390. The van der Waals surface area contributed by atoms with Gasteiger partial charge >= 0.3 is 0 Å². The molecule has 1 spiro atoms. The molecule has 0 aromatic rings. The molecule has 2 aliphatic heterocycles. The van der Waals surface area contributed by atoms with E-state index in [4.69, 9.17) is 4.74 Å². The summed E-state index contributed by atoms with van der Waals surface area (Å²) in [5.41, 5.74) is 0.365. The van der Waals surface area contributed by atoms with Crippen LogP contribution in [0.2, 0.25) is 0 Å². The molecule has 0 N–H and O–H groups in total. The second-order valence-corrected chi connectivity index (χ2v) is 5.24. The van der Waals surface area contributed by atoms with Crippen molar-refractivity contribution in [2.45, 2.75) is 37.7 Å². The van der Waals surface area contributed by atoms with Crippen molar-refractivity contribution in [3.05, 3.63) is 0 Å². The SMILES string of the molecule is C1CCC2(CCPCC2)OC1. The lowest BCUT2D eigenvalue weighted by Gasteiger charge is -2.40. The quantitative estimate of drug-likeness (QED) is 0.510. The van der Waals surface area contributed by atoms with Crippen LogP contribution in [0, 0.1) is 0 Å². The number of ether oxygens (including phenoxy) is 1. The summed E-state index contributed by atoms with van der Waals surface area (Å²) in [4.78, 5) is 0. The van der Waals surface area contributed by atoms with Crippen LogP contribution in [0.5, 0.6) is 0 Å². The molecule has 2 heterocycles. The van der Waals surface area contributed by atoms with E-state index in [1.54, 1.807) is 0 Å². The van der Waals surface area contributed by atoms with E-state index in [1.807, 2.05) is 0 Å². The zero-order valence-corrected chi connectivity index (χ0v) is 8.07. The molecule has 0 bridgehead atoms. The first-order chi connectivity index (χ1) is 5.41. The fourth-order valence-electron chi connectivity index (χ4n) is 2.19. The maximum atomic E-state index is 5.91. The second-order valence-electron chi connectivity index (χ2n) is 3.74. The van der Waals surface area contributed by atoms with Gasteiger partial charge in [0.15, 0.2) is 0 Å². The van der Waals surface area contributed by atoms with Gasteiger partial charge in [0, 0.05) is 6.61 Å². The van der Waals surface area contributed by atoms with Gasteiger partial charge in [0.05, 0.1) is 5.60 Å². The van der Waals surface area contributed by atoms with Crippen molar-refractivity contribution in [1.82, 2.24) is 0 Å². The number of hydrogen-bond acceptors (Lipinski definition) is 1. The Balaban J connectivity index is 1.94.